The Kier molecular flexibility index (Phi) is 7.37. The van der Waals surface area contributed by atoms with E-state index in [-0.39, 0.29) is 19.1 Å². The normalized spacial score (nSPS) is 13.1. The van der Waals surface area contributed by atoms with Crippen molar-refractivity contribution in [3.05, 3.63) is 0 Å². The smallest absolute Gasteiger partial charge is 0.304 e. The van der Waals surface area contributed by atoms with Gasteiger partial charge in [-0.2, -0.15) is 0 Å². The molecule has 84 valence electrons. The van der Waals surface area contributed by atoms with E-state index >= 15 is 0 Å². The summed E-state index contributed by atoms with van der Waals surface area (Å²) in [5.74, 6) is -0.842. The third-order valence-corrected chi connectivity index (χ3v) is 1.52. The molecular formula is C9H19NO4. The molecule has 0 heterocycles. The molecule has 0 aromatic heterocycles. The van der Waals surface area contributed by atoms with Crippen molar-refractivity contribution < 1.29 is 19.7 Å². The number of carbonyl (C=O) groups is 1. The van der Waals surface area contributed by atoms with Gasteiger partial charge in [0.1, 0.15) is 0 Å². The zero-order valence-electron chi connectivity index (χ0n) is 8.69. The summed E-state index contributed by atoms with van der Waals surface area (Å²) in [7, 11) is 0. The van der Waals surface area contributed by atoms with Crippen LogP contribution in [0.3, 0.4) is 0 Å². The maximum Gasteiger partial charge on any atom is 0.304 e. The highest BCUT2D eigenvalue weighted by Crippen LogP contribution is 1.90. The lowest BCUT2D eigenvalue weighted by atomic mass is 10.3. The Hall–Kier alpha value is -0.650. The fourth-order valence-electron chi connectivity index (χ4n) is 0.826. The molecule has 0 bridgehead atoms. The minimum Gasteiger partial charge on any atom is -0.481 e. The van der Waals surface area contributed by atoms with E-state index in [0.29, 0.717) is 13.1 Å². The third-order valence-electron chi connectivity index (χ3n) is 1.52. The number of hydrogen-bond donors (Lipinski definition) is 3. The zero-order chi connectivity index (χ0) is 11.0. The number of nitrogens with one attached hydrogen (secondary N) is 1. The molecule has 5 heteroatoms. The lowest BCUT2D eigenvalue weighted by Gasteiger charge is -2.13. The minimum atomic E-state index is -0.842. The molecule has 0 saturated carbocycles. The van der Waals surface area contributed by atoms with E-state index in [1.807, 2.05) is 13.8 Å². The highest BCUT2D eigenvalue weighted by atomic mass is 16.5. The number of carboxylic acid groups (broad SMARTS) is 1. The molecule has 0 aliphatic rings. The van der Waals surface area contributed by atoms with Crippen molar-refractivity contribution in [1.29, 1.82) is 0 Å². The standard InChI is InChI=1S/C9H19NO4/c1-7(2)14-6-8(11)5-10-4-3-9(12)13/h7-8,10-11H,3-6H2,1-2H3,(H,12,13). The average molecular weight is 205 g/mol. The van der Waals surface area contributed by atoms with E-state index in [2.05, 4.69) is 5.32 Å². The number of carboxylic acids is 1. The lowest BCUT2D eigenvalue weighted by molar-refractivity contribution is -0.136. The first-order valence-electron chi connectivity index (χ1n) is 4.74. The van der Waals surface area contributed by atoms with Crippen molar-refractivity contribution in [3.8, 4) is 0 Å². The third kappa shape index (κ3) is 9.44. The highest BCUT2D eigenvalue weighted by molar-refractivity contribution is 5.66. The molecule has 0 aliphatic heterocycles. The number of hydrogen-bond acceptors (Lipinski definition) is 4. The van der Waals surface area contributed by atoms with Gasteiger partial charge in [-0.05, 0) is 13.8 Å². The monoisotopic (exact) mass is 205 g/mol. The Morgan fingerprint density at radius 1 is 1.50 bits per heavy atom. The molecule has 0 aromatic rings. The van der Waals surface area contributed by atoms with Crippen LogP contribution in [0.2, 0.25) is 0 Å². The largest absolute Gasteiger partial charge is 0.481 e. The Bertz CT molecular complexity index is 161. The van der Waals surface area contributed by atoms with Crippen LogP contribution in [-0.4, -0.2) is 48.1 Å². The number of aliphatic hydroxyl groups is 1. The van der Waals surface area contributed by atoms with Crippen LogP contribution in [0.5, 0.6) is 0 Å². The van der Waals surface area contributed by atoms with Crippen molar-refractivity contribution in [1.82, 2.24) is 5.32 Å². The van der Waals surface area contributed by atoms with E-state index in [9.17, 15) is 9.90 Å². The molecule has 0 rings (SSSR count). The van der Waals surface area contributed by atoms with Crippen LogP contribution in [0.4, 0.5) is 0 Å². The van der Waals surface area contributed by atoms with Crippen LogP contribution in [0.15, 0.2) is 0 Å². The molecule has 0 fully saturated rings. The van der Waals surface area contributed by atoms with Crippen LogP contribution in [0, 0.1) is 0 Å². The Morgan fingerprint density at radius 3 is 2.64 bits per heavy atom. The predicted octanol–water partition coefficient (Wildman–Crippen LogP) is -0.163. The summed E-state index contributed by atoms with van der Waals surface area (Å²) in [6.45, 7) is 4.79. The van der Waals surface area contributed by atoms with E-state index in [4.69, 9.17) is 9.84 Å². The van der Waals surface area contributed by atoms with E-state index in [1.54, 1.807) is 0 Å². The quantitative estimate of drug-likeness (QED) is 0.480. The number of aliphatic carboxylic acids is 1. The second kappa shape index (κ2) is 7.73. The first-order chi connectivity index (χ1) is 6.52. The first-order valence-corrected chi connectivity index (χ1v) is 4.74. The Morgan fingerprint density at radius 2 is 2.14 bits per heavy atom. The van der Waals surface area contributed by atoms with Gasteiger partial charge in [-0.15, -0.1) is 0 Å². The molecule has 0 radical (unpaired) electrons. The predicted molar refractivity (Wildman–Crippen MR) is 52.2 cm³/mol. The van der Waals surface area contributed by atoms with Gasteiger partial charge < -0.3 is 20.3 Å². The SMILES string of the molecule is CC(C)OCC(O)CNCCC(=O)O. The van der Waals surface area contributed by atoms with Gasteiger partial charge in [-0.25, -0.2) is 0 Å². The fourth-order valence-corrected chi connectivity index (χ4v) is 0.826. The molecule has 5 nitrogen and oxygen atoms in total. The van der Waals surface area contributed by atoms with Gasteiger partial charge in [0.25, 0.3) is 0 Å². The van der Waals surface area contributed by atoms with Crippen LogP contribution >= 0.6 is 0 Å². The average Bonchev–Trinajstić information content (AvgIpc) is 2.08. The van der Waals surface area contributed by atoms with Gasteiger partial charge in [-0.3, -0.25) is 4.79 Å². The van der Waals surface area contributed by atoms with Crippen LogP contribution in [0.1, 0.15) is 20.3 Å². The fraction of sp³-hybridized carbons (Fsp3) is 0.889. The molecule has 3 N–H and O–H groups in total. The van der Waals surface area contributed by atoms with Gasteiger partial charge in [0.2, 0.25) is 0 Å². The van der Waals surface area contributed by atoms with Gasteiger partial charge in [-0.1, -0.05) is 0 Å². The van der Waals surface area contributed by atoms with E-state index in [0.717, 1.165) is 0 Å². The summed E-state index contributed by atoms with van der Waals surface area (Å²) >= 11 is 0. The van der Waals surface area contributed by atoms with Crippen molar-refractivity contribution in [2.24, 2.45) is 0 Å². The summed E-state index contributed by atoms with van der Waals surface area (Å²) in [6, 6.07) is 0. The summed E-state index contributed by atoms with van der Waals surface area (Å²) in [4.78, 5) is 10.1. The summed E-state index contributed by atoms with van der Waals surface area (Å²) in [5.41, 5.74) is 0. The van der Waals surface area contributed by atoms with Crippen molar-refractivity contribution in [2.75, 3.05) is 19.7 Å². The second-order valence-electron chi connectivity index (χ2n) is 3.38. The molecule has 0 aromatic carbocycles. The molecule has 0 aliphatic carbocycles. The van der Waals surface area contributed by atoms with Gasteiger partial charge in [0.15, 0.2) is 0 Å². The molecule has 1 unspecified atom stereocenters. The number of rotatable bonds is 8. The maximum atomic E-state index is 10.1. The molecule has 0 spiro atoms. The number of aliphatic hydroxyl groups excluding tert-OH is 1. The molecule has 14 heavy (non-hydrogen) atoms. The molecule has 0 saturated heterocycles. The summed E-state index contributed by atoms with van der Waals surface area (Å²) in [5, 5.41) is 20.5. The van der Waals surface area contributed by atoms with E-state index < -0.39 is 12.1 Å². The molecule has 1 atom stereocenters. The molecule has 0 amide bonds. The minimum absolute atomic E-state index is 0.0672. The maximum absolute atomic E-state index is 10.1. The molecular weight excluding hydrogens is 186 g/mol. The van der Waals surface area contributed by atoms with Crippen LogP contribution in [0.25, 0.3) is 0 Å². The first kappa shape index (κ1) is 13.4. The van der Waals surface area contributed by atoms with Crippen molar-refractivity contribution in [3.63, 3.8) is 0 Å². The highest BCUT2D eigenvalue weighted by Gasteiger charge is 2.05. The Labute approximate surface area is 84.1 Å². The number of ether oxygens (including phenoxy) is 1. The van der Waals surface area contributed by atoms with Crippen molar-refractivity contribution in [2.45, 2.75) is 32.5 Å². The topological polar surface area (TPSA) is 78.8 Å². The zero-order valence-corrected chi connectivity index (χ0v) is 8.69. The lowest BCUT2D eigenvalue weighted by Crippen LogP contribution is -2.32. The second-order valence-corrected chi connectivity index (χ2v) is 3.38. The van der Waals surface area contributed by atoms with Crippen LogP contribution in [-0.2, 0) is 9.53 Å². The van der Waals surface area contributed by atoms with Gasteiger partial charge >= 0.3 is 5.97 Å². The summed E-state index contributed by atoms with van der Waals surface area (Å²) < 4.78 is 5.18. The van der Waals surface area contributed by atoms with E-state index in [1.165, 1.54) is 0 Å². The van der Waals surface area contributed by atoms with Gasteiger partial charge in [0.05, 0.1) is 25.2 Å². The van der Waals surface area contributed by atoms with Gasteiger partial charge in [0, 0.05) is 13.1 Å². The Balaban J connectivity index is 3.26. The van der Waals surface area contributed by atoms with Crippen molar-refractivity contribution >= 4 is 5.97 Å². The summed E-state index contributed by atoms with van der Waals surface area (Å²) in [6.07, 6.45) is -0.410. The van der Waals surface area contributed by atoms with Crippen LogP contribution < -0.4 is 5.32 Å².